The predicted molar refractivity (Wildman–Crippen MR) is 98.9 cm³/mol. The van der Waals surface area contributed by atoms with Crippen LogP contribution >= 0.6 is 0 Å². The molecule has 140 valence electrons. The minimum atomic E-state index is -1.30. The van der Waals surface area contributed by atoms with Gasteiger partial charge in [-0.15, -0.1) is 0 Å². The second kappa shape index (κ2) is 7.19. The number of carbonyl (C=O) groups is 2. The van der Waals surface area contributed by atoms with Crippen molar-refractivity contribution < 1.29 is 19.6 Å². The molecule has 7 heteroatoms. The lowest BCUT2D eigenvalue weighted by atomic mass is 9.89. The molecule has 0 radical (unpaired) electrons. The number of nitro benzene ring substituents is 1. The fourth-order valence-electron chi connectivity index (χ4n) is 3.71. The van der Waals surface area contributed by atoms with E-state index in [0.29, 0.717) is 13.0 Å². The van der Waals surface area contributed by atoms with Crippen molar-refractivity contribution in [1.82, 2.24) is 4.90 Å². The number of benzene rings is 2. The standard InChI is InChI=1S/C20H20N2O5/c1-20(13-14-6-3-2-4-7-14)8-5-9-21(20)18(23)15-10-16(19(24)25)12-17(11-15)22(26)27/h2-4,6-7,10-12H,5,8-9,13H2,1H3,(H,24,25). The highest BCUT2D eigenvalue weighted by atomic mass is 16.6. The van der Waals surface area contributed by atoms with Crippen molar-refractivity contribution >= 4 is 17.6 Å². The number of hydrogen-bond donors (Lipinski definition) is 1. The number of rotatable bonds is 5. The van der Waals surface area contributed by atoms with Crippen molar-refractivity contribution in [2.75, 3.05) is 6.54 Å². The summed E-state index contributed by atoms with van der Waals surface area (Å²) in [5, 5.41) is 20.3. The number of likely N-dealkylation sites (tertiary alicyclic amines) is 1. The van der Waals surface area contributed by atoms with Crippen molar-refractivity contribution in [2.24, 2.45) is 0 Å². The first-order chi connectivity index (χ1) is 12.8. The highest BCUT2D eigenvalue weighted by Crippen LogP contribution is 2.34. The number of non-ortho nitro benzene ring substituents is 1. The average Bonchev–Trinajstić information content (AvgIpc) is 3.02. The molecule has 1 heterocycles. The van der Waals surface area contributed by atoms with Gasteiger partial charge in [-0.25, -0.2) is 4.79 Å². The van der Waals surface area contributed by atoms with E-state index >= 15 is 0 Å². The van der Waals surface area contributed by atoms with E-state index in [4.69, 9.17) is 0 Å². The predicted octanol–water partition coefficient (Wildman–Crippen LogP) is 3.53. The van der Waals surface area contributed by atoms with Crippen LogP contribution in [-0.2, 0) is 6.42 Å². The Morgan fingerprint density at radius 1 is 1.19 bits per heavy atom. The van der Waals surface area contributed by atoms with E-state index in [0.717, 1.165) is 30.5 Å². The van der Waals surface area contributed by atoms with Gasteiger partial charge < -0.3 is 10.0 Å². The normalized spacial score (nSPS) is 19.1. The zero-order valence-corrected chi connectivity index (χ0v) is 14.9. The number of hydrogen-bond acceptors (Lipinski definition) is 4. The topological polar surface area (TPSA) is 101 Å². The quantitative estimate of drug-likeness (QED) is 0.643. The lowest BCUT2D eigenvalue weighted by Gasteiger charge is -2.35. The summed E-state index contributed by atoms with van der Waals surface area (Å²) < 4.78 is 0. The third-order valence-corrected chi connectivity index (χ3v) is 5.04. The first-order valence-electron chi connectivity index (χ1n) is 8.69. The third kappa shape index (κ3) is 3.81. The second-order valence-corrected chi connectivity index (χ2v) is 7.05. The largest absolute Gasteiger partial charge is 0.478 e. The van der Waals surface area contributed by atoms with Gasteiger partial charge in [0.2, 0.25) is 0 Å². The number of nitro groups is 1. The molecule has 1 amide bonds. The van der Waals surface area contributed by atoms with E-state index in [1.54, 1.807) is 4.90 Å². The number of carboxylic acid groups (broad SMARTS) is 1. The van der Waals surface area contributed by atoms with Gasteiger partial charge in [0, 0.05) is 29.8 Å². The SMILES string of the molecule is CC1(Cc2ccccc2)CCCN1C(=O)c1cc(C(=O)O)cc([N+](=O)[O-])c1. The van der Waals surface area contributed by atoms with Crippen LogP contribution in [0.4, 0.5) is 5.69 Å². The number of carboxylic acids is 1. The van der Waals surface area contributed by atoms with Crippen LogP contribution in [-0.4, -0.2) is 38.9 Å². The summed E-state index contributed by atoms with van der Waals surface area (Å²) in [6, 6.07) is 13.1. The van der Waals surface area contributed by atoms with E-state index in [1.165, 1.54) is 6.07 Å². The van der Waals surface area contributed by atoms with Crippen LogP contribution in [0.2, 0.25) is 0 Å². The minimum absolute atomic E-state index is 0.0304. The number of aromatic carboxylic acids is 1. The lowest BCUT2D eigenvalue weighted by molar-refractivity contribution is -0.384. The zero-order chi connectivity index (χ0) is 19.6. The third-order valence-electron chi connectivity index (χ3n) is 5.04. The van der Waals surface area contributed by atoms with Gasteiger partial charge in [0.1, 0.15) is 0 Å². The Morgan fingerprint density at radius 3 is 2.48 bits per heavy atom. The summed E-state index contributed by atoms with van der Waals surface area (Å²) in [7, 11) is 0. The number of carbonyl (C=O) groups excluding carboxylic acids is 1. The van der Waals surface area contributed by atoms with Gasteiger partial charge in [-0.1, -0.05) is 30.3 Å². The Hall–Kier alpha value is -3.22. The highest BCUT2D eigenvalue weighted by Gasteiger charge is 2.40. The van der Waals surface area contributed by atoms with Gasteiger partial charge in [-0.3, -0.25) is 14.9 Å². The fraction of sp³-hybridized carbons (Fsp3) is 0.300. The fourth-order valence-corrected chi connectivity index (χ4v) is 3.71. The minimum Gasteiger partial charge on any atom is -0.478 e. The summed E-state index contributed by atoms with van der Waals surface area (Å²) in [6.45, 7) is 2.54. The molecule has 1 N–H and O–H groups in total. The van der Waals surface area contributed by atoms with Gasteiger partial charge in [0.25, 0.3) is 11.6 Å². The molecule has 0 aliphatic carbocycles. The molecule has 0 bridgehead atoms. The molecule has 1 saturated heterocycles. The number of nitrogens with zero attached hydrogens (tertiary/aromatic N) is 2. The molecule has 0 aromatic heterocycles. The molecule has 2 aromatic rings. The van der Waals surface area contributed by atoms with Crippen LogP contribution in [0, 0.1) is 10.1 Å². The van der Waals surface area contributed by atoms with E-state index in [1.807, 2.05) is 37.3 Å². The first kappa shape index (κ1) is 18.6. The van der Waals surface area contributed by atoms with Crippen LogP contribution in [0.15, 0.2) is 48.5 Å². The summed E-state index contributed by atoms with van der Waals surface area (Å²) in [6.07, 6.45) is 2.31. The Labute approximate surface area is 156 Å². The molecule has 1 fully saturated rings. The molecular formula is C20H20N2O5. The Morgan fingerprint density at radius 2 is 1.85 bits per heavy atom. The first-order valence-corrected chi connectivity index (χ1v) is 8.69. The smallest absolute Gasteiger partial charge is 0.335 e. The van der Waals surface area contributed by atoms with Crippen molar-refractivity contribution in [1.29, 1.82) is 0 Å². The molecule has 3 rings (SSSR count). The van der Waals surface area contributed by atoms with E-state index in [2.05, 4.69) is 0 Å². The maximum absolute atomic E-state index is 13.1. The molecule has 1 aliphatic rings. The maximum Gasteiger partial charge on any atom is 0.335 e. The monoisotopic (exact) mass is 368 g/mol. The van der Waals surface area contributed by atoms with Crippen molar-refractivity contribution in [3.63, 3.8) is 0 Å². The molecule has 0 saturated carbocycles. The van der Waals surface area contributed by atoms with E-state index < -0.39 is 22.1 Å². The Bertz CT molecular complexity index is 864. The van der Waals surface area contributed by atoms with Crippen molar-refractivity contribution in [2.45, 2.75) is 31.7 Å². The van der Waals surface area contributed by atoms with Gasteiger partial charge in [0.15, 0.2) is 0 Å². The molecule has 0 spiro atoms. The van der Waals surface area contributed by atoms with Gasteiger partial charge in [-0.05, 0) is 37.8 Å². The maximum atomic E-state index is 13.1. The van der Waals surface area contributed by atoms with Crippen LogP contribution in [0.25, 0.3) is 0 Å². The van der Waals surface area contributed by atoms with E-state index in [9.17, 15) is 24.8 Å². The molecule has 1 aliphatic heterocycles. The molecule has 2 aromatic carbocycles. The van der Waals surface area contributed by atoms with Crippen molar-refractivity contribution in [3.8, 4) is 0 Å². The van der Waals surface area contributed by atoms with Gasteiger partial charge in [-0.2, -0.15) is 0 Å². The van der Waals surface area contributed by atoms with Gasteiger partial charge >= 0.3 is 5.97 Å². The second-order valence-electron chi connectivity index (χ2n) is 7.05. The zero-order valence-electron chi connectivity index (χ0n) is 14.9. The molecule has 1 unspecified atom stereocenters. The molecular weight excluding hydrogens is 348 g/mol. The lowest BCUT2D eigenvalue weighted by Crippen LogP contribution is -2.46. The van der Waals surface area contributed by atoms with Crippen LogP contribution in [0.5, 0.6) is 0 Å². The molecule has 27 heavy (non-hydrogen) atoms. The summed E-state index contributed by atoms with van der Waals surface area (Å²) >= 11 is 0. The van der Waals surface area contributed by atoms with Crippen LogP contribution in [0.1, 0.15) is 46.0 Å². The Balaban J connectivity index is 1.94. The van der Waals surface area contributed by atoms with Crippen molar-refractivity contribution in [3.05, 3.63) is 75.3 Å². The molecule has 1 atom stereocenters. The average molecular weight is 368 g/mol. The summed E-state index contributed by atoms with van der Waals surface area (Å²) in [4.78, 5) is 36.6. The van der Waals surface area contributed by atoms with Crippen LogP contribution < -0.4 is 0 Å². The summed E-state index contributed by atoms with van der Waals surface area (Å²) in [5.41, 5.74) is 0.0402. The van der Waals surface area contributed by atoms with Crippen LogP contribution in [0.3, 0.4) is 0 Å². The highest BCUT2D eigenvalue weighted by molar-refractivity contribution is 5.99. The van der Waals surface area contributed by atoms with Gasteiger partial charge in [0.05, 0.1) is 10.5 Å². The Kier molecular flexibility index (Phi) is 4.94. The molecule has 7 nitrogen and oxygen atoms in total. The van der Waals surface area contributed by atoms with E-state index in [-0.39, 0.29) is 17.0 Å². The summed E-state index contributed by atoms with van der Waals surface area (Å²) in [5.74, 6) is -1.68. The number of amides is 1.